The predicted molar refractivity (Wildman–Crippen MR) is 71.3 cm³/mol. The van der Waals surface area contributed by atoms with Crippen LogP contribution in [0, 0.1) is 5.82 Å². The second-order valence-electron chi connectivity index (χ2n) is 5.10. The first kappa shape index (κ1) is 12.3. The summed E-state index contributed by atoms with van der Waals surface area (Å²) in [7, 11) is 0. The number of pyridine rings is 1. The van der Waals surface area contributed by atoms with Crippen molar-refractivity contribution in [1.29, 1.82) is 0 Å². The van der Waals surface area contributed by atoms with Crippen LogP contribution in [-0.2, 0) is 0 Å². The molecule has 2 nitrogen and oxygen atoms in total. The molecule has 1 N–H and O–H groups in total. The summed E-state index contributed by atoms with van der Waals surface area (Å²) >= 11 is 0. The van der Waals surface area contributed by atoms with E-state index in [4.69, 9.17) is 0 Å². The fourth-order valence-corrected chi connectivity index (χ4v) is 2.41. The normalized spacial score (nSPS) is 16.9. The summed E-state index contributed by atoms with van der Waals surface area (Å²) in [6.45, 7) is 0. The molecule has 1 aromatic carbocycles. The van der Waals surface area contributed by atoms with Crippen LogP contribution in [0.15, 0.2) is 42.6 Å². The SMILES string of the molecule is OC(c1ccc(C2CCC2)cc1)c1ccc(F)cn1. The Balaban J connectivity index is 1.79. The van der Waals surface area contributed by atoms with Gasteiger partial charge in [0.25, 0.3) is 0 Å². The standard InChI is InChI=1S/C16H16FNO/c17-14-8-9-15(18-10-14)16(19)13-6-4-12(5-7-13)11-2-1-3-11/h4-11,16,19H,1-3H2. The van der Waals surface area contributed by atoms with Crippen LogP contribution in [0.1, 0.15) is 48.1 Å². The van der Waals surface area contributed by atoms with Crippen molar-refractivity contribution in [1.82, 2.24) is 4.98 Å². The van der Waals surface area contributed by atoms with Crippen molar-refractivity contribution in [2.75, 3.05) is 0 Å². The zero-order valence-electron chi connectivity index (χ0n) is 10.6. The molecular weight excluding hydrogens is 241 g/mol. The summed E-state index contributed by atoms with van der Waals surface area (Å²) in [6.07, 6.45) is 4.18. The molecule has 1 heterocycles. The third kappa shape index (κ3) is 2.51. The quantitative estimate of drug-likeness (QED) is 0.911. The summed E-state index contributed by atoms with van der Waals surface area (Å²) in [5.74, 6) is 0.298. The summed E-state index contributed by atoms with van der Waals surface area (Å²) < 4.78 is 12.8. The highest BCUT2D eigenvalue weighted by molar-refractivity contribution is 5.31. The molecule has 1 saturated carbocycles. The number of aromatic nitrogens is 1. The molecule has 1 aromatic heterocycles. The molecule has 19 heavy (non-hydrogen) atoms. The van der Waals surface area contributed by atoms with Crippen LogP contribution in [0.25, 0.3) is 0 Å². The zero-order valence-corrected chi connectivity index (χ0v) is 10.6. The van der Waals surface area contributed by atoms with E-state index in [-0.39, 0.29) is 0 Å². The number of hydrogen-bond acceptors (Lipinski definition) is 2. The fraction of sp³-hybridized carbons (Fsp3) is 0.312. The maximum atomic E-state index is 12.8. The van der Waals surface area contributed by atoms with Crippen molar-refractivity contribution in [2.45, 2.75) is 31.3 Å². The molecule has 0 spiro atoms. The van der Waals surface area contributed by atoms with E-state index in [0.717, 1.165) is 11.8 Å². The maximum absolute atomic E-state index is 12.8. The van der Waals surface area contributed by atoms with Gasteiger partial charge in [0, 0.05) is 0 Å². The molecule has 1 fully saturated rings. The summed E-state index contributed by atoms with van der Waals surface area (Å²) in [6, 6.07) is 10.8. The fourth-order valence-electron chi connectivity index (χ4n) is 2.41. The summed E-state index contributed by atoms with van der Waals surface area (Å²) in [4.78, 5) is 3.91. The van der Waals surface area contributed by atoms with Crippen molar-refractivity contribution >= 4 is 0 Å². The van der Waals surface area contributed by atoms with Gasteiger partial charge in [-0.3, -0.25) is 4.98 Å². The lowest BCUT2D eigenvalue weighted by molar-refractivity contribution is 0.215. The molecule has 1 unspecified atom stereocenters. The van der Waals surface area contributed by atoms with E-state index >= 15 is 0 Å². The smallest absolute Gasteiger partial charge is 0.141 e. The Morgan fingerprint density at radius 1 is 1.11 bits per heavy atom. The van der Waals surface area contributed by atoms with Crippen LogP contribution >= 0.6 is 0 Å². The Kier molecular flexibility index (Phi) is 3.30. The van der Waals surface area contributed by atoms with Gasteiger partial charge in [0.05, 0.1) is 11.9 Å². The van der Waals surface area contributed by atoms with Gasteiger partial charge in [0.15, 0.2) is 0 Å². The second-order valence-corrected chi connectivity index (χ2v) is 5.10. The number of aliphatic hydroxyl groups excluding tert-OH is 1. The number of halogens is 1. The Morgan fingerprint density at radius 3 is 2.37 bits per heavy atom. The lowest BCUT2D eigenvalue weighted by Gasteiger charge is -2.26. The minimum absolute atomic E-state index is 0.392. The Morgan fingerprint density at radius 2 is 1.84 bits per heavy atom. The number of nitrogens with zero attached hydrogens (tertiary/aromatic N) is 1. The Hall–Kier alpha value is -1.74. The molecule has 1 atom stereocenters. The van der Waals surface area contributed by atoms with Crippen molar-refractivity contribution in [2.24, 2.45) is 0 Å². The average Bonchev–Trinajstić information content (AvgIpc) is 2.38. The van der Waals surface area contributed by atoms with Gasteiger partial charge in [-0.1, -0.05) is 30.7 Å². The van der Waals surface area contributed by atoms with E-state index in [2.05, 4.69) is 17.1 Å². The first-order chi connectivity index (χ1) is 9.24. The van der Waals surface area contributed by atoms with Crippen molar-refractivity contribution in [3.8, 4) is 0 Å². The molecule has 0 radical (unpaired) electrons. The lowest BCUT2D eigenvalue weighted by atomic mass is 9.80. The van der Waals surface area contributed by atoms with E-state index in [1.54, 1.807) is 0 Å². The largest absolute Gasteiger partial charge is 0.382 e. The number of benzene rings is 1. The first-order valence-corrected chi connectivity index (χ1v) is 6.63. The number of rotatable bonds is 3. The van der Waals surface area contributed by atoms with Gasteiger partial charge >= 0.3 is 0 Å². The molecular formula is C16H16FNO. The lowest BCUT2D eigenvalue weighted by Crippen LogP contribution is -2.09. The van der Waals surface area contributed by atoms with Crippen LogP contribution in [0.5, 0.6) is 0 Å². The van der Waals surface area contributed by atoms with Gasteiger partial charge in [0.2, 0.25) is 0 Å². The molecule has 1 aliphatic carbocycles. The summed E-state index contributed by atoms with van der Waals surface area (Å²) in [5, 5.41) is 10.2. The minimum atomic E-state index is -0.795. The van der Waals surface area contributed by atoms with Crippen molar-refractivity contribution in [3.05, 3.63) is 65.2 Å². The van der Waals surface area contributed by atoms with E-state index in [9.17, 15) is 9.50 Å². The molecule has 0 saturated heterocycles. The van der Waals surface area contributed by atoms with Gasteiger partial charge in [-0.25, -0.2) is 4.39 Å². The van der Waals surface area contributed by atoms with E-state index in [0.29, 0.717) is 11.6 Å². The summed E-state index contributed by atoms with van der Waals surface area (Å²) in [5.41, 5.74) is 2.61. The molecule has 98 valence electrons. The van der Waals surface area contributed by atoms with Gasteiger partial charge in [-0.05, 0) is 42.0 Å². The predicted octanol–water partition coefficient (Wildman–Crippen LogP) is 3.57. The van der Waals surface area contributed by atoms with Crippen molar-refractivity contribution in [3.63, 3.8) is 0 Å². The molecule has 3 rings (SSSR count). The minimum Gasteiger partial charge on any atom is -0.382 e. The maximum Gasteiger partial charge on any atom is 0.141 e. The zero-order chi connectivity index (χ0) is 13.2. The third-order valence-electron chi connectivity index (χ3n) is 3.86. The molecule has 1 aliphatic rings. The highest BCUT2D eigenvalue weighted by Gasteiger charge is 2.20. The molecule has 2 aromatic rings. The van der Waals surface area contributed by atoms with Crippen LogP contribution < -0.4 is 0 Å². The number of hydrogen-bond donors (Lipinski definition) is 1. The van der Waals surface area contributed by atoms with Crippen LogP contribution in [-0.4, -0.2) is 10.1 Å². The van der Waals surface area contributed by atoms with Crippen LogP contribution in [0.3, 0.4) is 0 Å². The van der Waals surface area contributed by atoms with Crippen LogP contribution in [0.2, 0.25) is 0 Å². The third-order valence-corrected chi connectivity index (χ3v) is 3.86. The average molecular weight is 257 g/mol. The molecule has 0 bridgehead atoms. The second kappa shape index (κ2) is 5.10. The molecule has 0 amide bonds. The van der Waals surface area contributed by atoms with Crippen molar-refractivity contribution < 1.29 is 9.50 Å². The van der Waals surface area contributed by atoms with Gasteiger partial charge < -0.3 is 5.11 Å². The topological polar surface area (TPSA) is 33.1 Å². The van der Waals surface area contributed by atoms with Crippen LogP contribution in [0.4, 0.5) is 4.39 Å². The Bertz CT molecular complexity index is 546. The van der Waals surface area contributed by atoms with E-state index < -0.39 is 11.9 Å². The van der Waals surface area contributed by atoms with Gasteiger partial charge in [-0.2, -0.15) is 0 Å². The Labute approximate surface area is 111 Å². The van der Waals surface area contributed by atoms with E-state index in [1.807, 2.05) is 12.1 Å². The highest BCUT2D eigenvalue weighted by atomic mass is 19.1. The monoisotopic (exact) mass is 257 g/mol. The number of aliphatic hydroxyl groups is 1. The first-order valence-electron chi connectivity index (χ1n) is 6.63. The van der Waals surface area contributed by atoms with Gasteiger partial charge in [0.1, 0.15) is 11.9 Å². The van der Waals surface area contributed by atoms with E-state index in [1.165, 1.54) is 37.0 Å². The molecule has 3 heteroatoms. The highest BCUT2D eigenvalue weighted by Crippen LogP contribution is 2.36. The molecule has 0 aliphatic heterocycles. The van der Waals surface area contributed by atoms with Gasteiger partial charge in [-0.15, -0.1) is 0 Å².